The van der Waals surface area contributed by atoms with Crippen molar-refractivity contribution in [2.45, 2.75) is 25.7 Å². The van der Waals surface area contributed by atoms with Gasteiger partial charge < -0.3 is 14.7 Å². The fourth-order valence-electron chi connectivity index (χ4n) is 7.37. The standard InChI is InChI=1S/C33H29BrN2O6/c1-17-3-2-4-21(30(17)38)27-20-9-10-22-28(23(20)15-24-29(27)26(37)16-25(34)31(24)39)33(41)36(32(22)40)19-7-5-18(6-8-19)35-11-13-42-14-12-35/h2-9,16,22-23,27-28,38H,10-15H2,1H3/t22-,23+,27+,28-/m0/s1. The van der Waals surface area contributed by atoms with Crippen LogP contribution in [0.1, 0.15) is 29.9 Å². The van der Waals surface area contributed by atoms with Crippen LogP contribution in [0.5, 0.6) is 5.75 Å². The van der Waals surface area contributed by atoms with E-state index in [9.17, 15) is 24.3 Å². The molecule has 214 valence electrons. The summed E-state index contributed by atoms with van der Waals surface area (Å²) in [5, 5.41) is 11.1. The van der Waals surface area contributed by atoms with Crippen LogP contribution < -0.4 is 9.80 Å². The maximum absolute atomic E-state index is 14.1. The SMILES string of the molecule is Cc1cccc([C@H]2C3=CC[C@@H]4C(=O)N(c5ccc(N6CCOCC6)cc5)C(=O)[C@@H]4[C@@H]3CC3=C2C(=O)C=C(Br)C3=O)c1O. The number of Topliss-reactive ketones (excluding diaryl/α,β-unsaturated/α-hetero) is 1. The molecule has 2 aromatic rings. The van der Waals surface area contributed by atoms with Gasteiger partial charge >= 0.3 is 0 Å². The quantitative estimate of drug-likeness (QED) is 0.303. The Kier molecular flexibility index (Phi) is 6.55. The molecule has 2 aromatic carbocycles. The van der Waals surface area contributed by atoms with Gasteiger partial charge in [-0.1, -0.05) is 29.8 Å². The van der Waals surface area contributed by atoms with Gasteiger partial charge in [-0.15, -0.1) is 0 Å². The number of carbonyl (C=O) groups excluding carboxylic acids is 4. The molecule has 7 rings (SSSR count). The Morgan fingerprint density at radius 3 is 2.38 bits per heavy atom. The topological polar surface area (TPSA) is 104 Å². The van der Waals surface area contributed by atoms with Crippen LogP contribution in [-0.2, 0) is 23.9 Å². The molecule has 0 spiro atoms. The zero-order valence-corrected chi connectivity index (χ0v) is 24.6. The van der Waals surface area contributed by atoms with E-state index in [0.29, 0.717) is 47.6 Å². The van der Waals surface area contributed by atoms with Crippen LogP contribution in [-0.4, -0.2) is 54.8 Å². The largest absolute Gasteiger partial charge is 0.507 e. The van der Waals surface area contributed by atoms with Gasteiger partial charge in [-0.3, -0.25) is 24.1 Å². The van der Waals surface area contributed by atoms with Crippen molar-refractivity contribution in [2.75, 3.05) is 36.1 Å². The first kappa shape index (κ1) is 27.0. The first-order valence-corrected chi connectivity index (χ1v) is 15.0. The Balaban J connectivity index is 1.28. The number of phenols is 1. The third-order valence-corrected chi connectivity index (χ3v) is 9.98. The predicted octanol–water partition coefficient (Wildman–Crippen LogP) is 4.50. The summed E-state index contributed by atoms with van der Waals surface area (Å²) in [6.45, 7) is 4.66. The second-order valence-electron chi connectivity index (χ2n) is 11.5. The molecule has 2 saturated heterocycles. The summed E-state index contributed by atoms with van der Waals surface area (Å²) in [6, 6.07) is 12.8. The highest BCUT2D eigenvalue weighted by molar-refractivity contribution is 9.12. The molecule has 0 bridgehead atoms. The number of rotatable bonds is 3. The summed E-state index contributed by atoms with van der Waals surface area (Å²) in [6.07, 6.45) is 3.78. The molecule has 4 atom stereocenters. The lowest BCUT2D eigenvalue weighted by molar-refractivity contribution is -0.123. The van der Waals surface area contributed by atoms with Crippen molar-refractivity contribution in [1.82, 2.24) is 0 Å². The molecule has 1 N–H and O–H groups in total. The van der Waals surface area contributed by atoms with E-state index < -0.39 is 23.7 Å². The molecule has 0 aromatic heterocycles. The smallest absolute Gasteiger partial charge is 0.238 e. The lowest BCUT2D eigenvalue weighted by Gasteiger charge is -2.42. The maximum atomic E-state index is 14.1. The second kappa shape index (κ2) is 10.2. The first-order chi connectivity index (χ1) is 20.3. The number of morpholine rings is 1. The number of aryl methyl sites for hydroxylation is 1. The Morgan fingerprint density at radius 2 is 1.64 bits per heavy atom. The van der Waals surface area contributed by atoms with Crippen LogP contribution in [0.25, 0.3) is 0 Å². The van der Waals surface area contributed by atoms with Crippen molar-refractivity contribution < 1.29 is 29.0 Å². The third kappa shape index (κ3) is 4.05. The minimum Gasteiger partial charge on any atom is -0.507 e. The number of phenolic OH excluding ortho intramolecular Hbond substituents is 1. The Labute approximate surface area is 251 Å². The number of hydrogen-bond acceptors (Lipinski definition) is 7. The molecule has 2 fully saturated rings. The fourth-order valence-corrected chi connectivity index (χ4v) is 7.81. The van der Waals surface area contributed by atoms with Crippen LogP contribution >= 0.6 is 15.9 Å². The molecule has 3 aliphatic carbocycles. The Hall–Kier alpha value is -3.82. The first-order valence-electron chi connectivity index (χ1n) is 14.2. The fraction of sp³-hybridized carbons (Fsp3) is 0.333. The van der Waals surface area contributed by atoms with Gasteiger partial charge in [0.1, 0.15) is 5.75 Å². The molecule has 42 heavy (non-hydrogen) atoms. The zero-order valence-electron chi connectivity index (χ0n) is 23.0. The highest BCUT2D eigenvalue weighted by Gasteiger charge is 2.57. The number of imide groups is 1. The van der Waals surface area contributed by atoms with Crippen molar-refractivity contribution in [3.8, 4) is 5.75 Å². The lowest BCUT2D eigenvalue weighted by atomic mass is 9.59. The second-order valence-corrected chi connectivity index (χ2v) is 12.4. The van der Waals surface area contributed by atoms with Crippen molar-refractivity contribution in [3.63, 3.8) is 0 Å². The number of amides is 2. The molecule has 5 aliphatic rings. The van der Waals surface area contributed by atoms with E-state index in [1.54, 1.807) is 19.1 Å². The van der Waals surface area contributed by atoms with Gasteiger partial charge in [0, 0.05) is 47.5 Å². The van der Waals surface area contributed by atoms with E-state index in [0.717, 1.165) is 24.4 Å². The number of para-hydroxylation sites is 1. The van der Waals surface area contributed by atoms with Crippen LogP contribution in [0.4, 0.5) is 11.4 Å². The summed E-state index contributed by atoms with van der Waals surface area (Å²) in [7, 11) is 0. The number of benzene rings is 2. The van der Waals surface area contributed by atoms with Crippen molar-refractivity contribution in [1.29, 1.82) is 0 Å². The average Bonchev–Trinajstić information content (AvgIpc) is 3.26. The van der Waals surface area contributed by atoms with E-state index in [1.807, 2.05) is 36.4 Å². The number of ether oxygens (including phenoxy) is 1. The van der Waals surface area contributed by atoms with Crippen molar-refractivity contribution in [3.05, 3.63) is 86.9 Å². The van der Waals surface area contributed by atoms with Crippen LogP contribution in [0.3, 0.4) is 0 Å². The number of halogens is 1. The molecule has 2 aliphatic heterocycles. The van der Waals surface area contributed by atoms with Gasteiger partial charge in [-0.05, 0) is 71.4 Å². The molecular formula is C33H29BrN2O6. The lowest BCUT2D eigenvalue weighted by Crippen LogP contribution is -2.39. The Bertz CT molecular complexity index is 1650. The number of nitrogens with zero attached hydrogens (tertiary/aromatic N) is 2. The minimum atomic E-state index is -0.683. The number of aromatic hydroxyl groups is 1. The molecule has 2 amide bonds. The highest BCUT2D eigenvalue weighted by atomic mass is 79.9. The number of allylic oxidation sites excluding steroid dienone is 6. The van der Waals surface area contributed by atoms with Gasteiger partial charge in [0.05, 0.1) is 35.2 Å². The number of fused-ring (bicyclic) bond motifs is 3. The van der Waals surface area contributed by atoms with Crippen LogP contribution in [0, 0.1) is 24.7 Å². The van der Waals surface area contributed by atoms with E-state index >= 15 is 0 Å². The van der Waals surface area contributed by atoms with Crippen LogP contribution in [0.2, 0.25) is 0 Å². The van der Waals surface area contributed by atoms with E-state index in [-0.39, 0.29) is 40.0 Å². The average molecular weight is 630 g/mol. The van der Waals surface area contributed by atoms with Gasteiger partial charge in [-0.25, -0.2) is 0 Å². The number of ketones is 2. The molecule has 2 heterocycles. The maximum Gasteiger partial charge on any atom is 0.238 e. The van der Waals surface area contributed by atoms with E-state index in [2.05, 4.69) is 20.8 Å². The number of hydrogen-bond donors (Lipinski definition) is 1. The predicted molar refractivity (Wildman–Crippen MR) is 159 cm³/mol. The normalized spacial score (nSPS) is 27.5. The molecule has 0 unspecified atom stereocenters. The number of anilines is 2. The summed E-state index contributed by atoms with van der Waals surface area (Å²) < 4.78 is 5.62. The Morgan fingerprint density at radius 1 is 0.929 bits per heavy atom. The van der Waals surface area contributed by atoms with Gasteiger partial charge in [-0.2, -0.15) is 0 Å². The molecular weight excluding hydrogens is 600 g/mol. The summed E-state index contributed by atoms with van der Waals surface area (Å²) >= 11 is 3.25. The monoisotopic (exact) mass is 628 g/mol. The molecule has 0 radical (unpaired) electrons. The van der Waals surface area contributed by atoms with E-state index in [4.69, 9.17) is 4.74 Å². The van der Waals surface area contributed by atoms with E-state index in [1.165, 1.54) is 11.0 Å². The van der Waals surface area contributed by atoms with Crippen LogP contribution in [0.15, 0.2) is 75.8 Å². The zero-order chi connectivity index (χ0) is 29.3. The van der Waals surface area contributed by atoms with Crippen molar-refractivity contribution >= 4 is 50.7 Å². The summed E-state index contributed by atoms with van der Waals surface area (Å²) in [5.74, 6) is -3.45. The molecule has 8 nitrogen and oxygen atoms in total. The number of carbonyl (C=O) groups is 4. The summed E-state index contributed by atoms with van der Waals surface area (Å²) in [4.78, 5) is 58.2. The molecule has 0 saturated carbocycles. The summed E-state index contributed by atoms with van der Waals surface area (Å²) in [5.41, 5.74) is 4.21. The van der Waals surface area contributed by atoms with Crippen molar-refractivity contribution in [2.24, 2.45) is 17.8 Å². The van der Waals surface area contributed by atoms with Gasteiger partial charge in [0.25, 0.3) is 0 Å². The van der Waals surface area contributed by atoms with Gasteiger partial charge in [0.15, 0.2) is 11.6 Å². The van der Waals surface area contributed by atoms with Gasteiger partial charge in [0.2, 0.25) is 11.8 Å². The third-order valence-electron chi connectivity index (χ3n) is 9.40. The minimum absolute atomic E-state index is 0.0581. The highest BCUT2D eigenvalue weighted by Crippen LogP contribution is 2.56. The molecule has 9 heteroatoms.